The quantitative estimate of drug-likeness (QED) is 0.768. The van der Waals surface area contributed by atoms with E-state index in [0.29, 0.717) is 30.8 Å². The summed E-state index contributed by atoms with van der Waals surface area (Å²) in [4.78, 5) is 17.1. The van der Waals surface area contributed by atoms with Crippen molar-refractivity contribution in [1.82, 2.24) is 10.3 Å². The molecule has 1 fully saturated rings. The average Bonchev–Trinajstić information content (AvgIpc) is 3.11. The lowest BCUT2D eigenvalue weighted by molar-refractivity contribution is 0.0235. The van der Waals surface area contributed by atoms with Gasteiger partial charge in [-0.3, -0.25) is 4.79 Å². The minimum Gasteiger partial charge on any atom is -0.493 e. The number of benzene rings is 1. The average molecular weight is 353 g/mol. The van der Waals surface area contributed by atoms with Crippen molar-refractivity contribution in [3.05, 3.63) is 53.2 Å². The number of hydrogen-bond donors (Lipinski definition) is 3. The topological polar surface area (TPSA) is 83.5 Å². The van der Waals surface area contributed by atoms with Crippen molar-refractivity contribution >= 4 is 11.7 Å². The van der Waals surface area contributed by atoms with Gasteiger partial charge in [-0.05, 0) is 54.2 Å². The maximum atomic E-state index is 12.9. The summed E-state index contributed by atoms with van der Waals surface area (Å²) in [7, 11) is 1.75. The Kier molecular flexibility index (Phi) is 4.51. The second-order valence-electron chi connectivity index (χ2n) is 6.95. The van der Waals surface area contributed by atoms with Gasteiger partial charge in [0, 0.05) is 19.7 Å². The third-order valence-corrected chi connectivity index (χ3v) is 5.27. The molecule has 1 aromatic carbocycles. The Morgan fingerprint density at radius 3 is 2.96 bits per heavy atom. The lowest BCUT2D eigenvalue weighted by Gasteiger charge is -2.38. The van der Waals surface area contributed by atoms with Gasteiger partial charge in [0.05, 0.1) is 24.3 Å². The van der Waals surface area contributed by atoms with Crippen LogP contribution < -0.4 is 15.4 Å². The van der Waals surface area contributed by atoms with Crippen LogP contribution in [0, 0.1) is 5.92 Å². The number of carbonyl (C=O) groups is 1. The smallest absolute Gasteiger partial charge is 0.255 e. The Hall–Kier alpha value is -2.60. The predicted octanol–water partition coefficient (Wildman–Crippen LogP) is 2.30. The van der Waals surface area contributed by atoms with Crippen LogP contribution in [0.25, 0.3) is 0 Å². The minimum absolute atomic E-state index is 0.137. The van der Waals surface area contributed by atoms with Gasteiger partial charge in [-0.2, -0.15) is 0 Å². The second-order valence-corrected chi connectivity index (χ2v) is 6.95. The van der Waals surface area contributed by atoms with Crippen LogP contribution in [0.3, 0.4) is 0 Å². The summed E-state index contributed by atoms with van der Waals surface area (Å²) in [5, 5.41) is 15.9. The second kappa shape index (κ2) is 6.96. The van der Waals surface area contributed by atoms with Crippen LogP contribution in [-0.4, -0.2) is 35.8 Å². The predicted molar refractivity (Wildman–Crippen MR) is 98.4 cm³/mol. The van der Waals surface area contributed by atoms with Crippen molar-refractivity contribution < 1.29 is 14.6 Å². The Morgan fingerprint density at radius 2 is 2.19 bits per heavy atom. The van der Waals surface area contributed by atoms with Crippen LogP contribution in [0.2, 0.25) is 0 Å². The van der Waals surface area contributed by atoms with Gasteiger partial charge in [0.25, 0.3) is 5.91 Å². The van der Waals surface area contributed by atoms with E-state index in [0.717, 1.165) is 17.7 Å². The zero-order chi connectivity index (χ0) is 18.1. The number of hydrogen-bond acceptors (Lipinski definition) is 5. The van der Waals surface area contributed by atoms with E-state index in [4.69, 9.17) is 4.74 Å². The summed E-state index contributed by atoms with van der Waals surface area (Å²) in [6, 6.07) is 9.50. The van der Waals surface area contributed by atoms with E-state index >= 15 is 0 Å². The third-order valence-electron chi connectivity index (χ3n) is 5.27. The number of ether oxygens (including phenoxy) is 1. The molecule has 0 bridgehead atoms. The van der Waals surface area contributed by atoms with E-state index in [2.05, 4.69) is 21.7 Å². The Morgan fingerprint density at radius 1 is 1.35 bits per heavy atom. The molecule has 1 amide bonds. The number of fused-ring (bicyclic) bond motifs is 1. The molecule has 1 saturated carbocycles. The highest BCUT2D eigenvalue weighted by Gasteiger charge is 2.36. The number of nitrogens with one attached hydrogen (secondary N) is 2. The Bertz CT molecular complexity index is 818. The minimum atomic E-state index is -0.275. The van der Waals surface area contributed by atoms with Crippen molar-refractivity contribution in [1.29, 1.82) is 0 Å². The number of rotatable bonds is 5. The number of anilines is 1. The van der Waals surface area contributed by atoms with E-state index < -0.39 is 0 Å². The van der Waals surface area contributed by atoms with Gasteiger partial charge in [0.2, 0.25) is 0 Å². The molecule has 2 heterocycles. The molecule has 1 aromatic heterocycles. The van der Waals surface area contributed by atoms with Gasteiger partial charge in [-0.25, -0.2) is 4.98 Å². The van der Waals surface area contributed by atoms with Crippen LogP contribution >= 0.6 is 0 Å². The summed E-state index contributed by atoms with van der Waals surface area (Å²) in [6.07, 6.45) is 3.67. The van der Waals surface area contributed by atoms with Crippen molar-refractivity contribution in [2.45, 2.75) is 31.4 Å². The summed E-state index contributed by atoms with van der Waals surface area (Å²) in [5.41, 5.74) is 2.76. The number of aliphatic hydroxyl groups is 1. The fourth-order valence-electron chi connectivity index (χ4n) is 3.78. The molecule has 0 saturated heterocycles. The summed E-state index contributed by atoms with van der Waals surface area (Å²) >= 11 is 0. The standard InChI is InChI=1S/C20H23N3O3/c1-21-19-16(3-2-7-22-19)20(25)23-18(14-10-15(24)11-14)13-4-5-17-12(9-13)6-8-26-17/h2-5,7,9,14-15,18,24H,6,8,10-11H2,1H3,(H,21,22)(H,23,25)/t14?,15?,18-/m1/s1. The molecule has 1 atom stereocenters. The Balaban J connectivity index is 1.61. The molecule has 4 rings (SSSR count). The molecule has 0 spiro atoms. The zero-order valence-electron chi connectivity index (χ0n) is 14.7. The highest BCUT2D eigenvalue weighted by Crippen LogP contribution is 2.40. The summed E-state index contributed by atoms with van der Waals surface area (Å²) in [5.74, 6) is 1.55. The van der Waals surface area contributed by atoms with Gasteiger partial charge >= 0.3 is 0 Å². The van der Waals surface area contributed by atoms with E-state index in [9.17, 15) is 9.90 Å². The number of aliphatic hydroxyl groups excluding tert-OH is 1. The monoisotopic (exact) mass is 353 g/mol. The third kappa shape index (κ3) is 3.12. The first-order valence-corrected chi connectivity index (χ1v) is 9.03. The van der Waals surface area contributed by atoms with Crippen molar-refractivity contribution in [2.24, 2.45) is 5.92 Å². The number of pyridine rings is 1. The van der Waals surface area contributed by atoms with E-state index in [1.54, 1.807) is 25.4 Å². The molecule has 1 aliphatic heterocycles. The van der Waals surface area contributed by atoms with Gasteiger partial charge in [-0.1, -0.05) is 6.07 Å². The van der Waals surface area contributed by atoms with Gasteiger partial charge in [-0.15, -0.1) is 0 Å². The fourth-order valence-corrected chi connectivity index (χ4v) is 3.78. The molecule has 6 heteroatoms. The largest absolute Gasteiger partial charge is 0.493 e. The first-order chi connectivity index (χ1) is 12.7. The first kappa shape index (κ1) is 16.8. The normalized spacial score (nSPS) is 21.9. The molecule has 136 valence electrons. The number of nitrogens with zero attached hydrogens (tertiary/aromatic N) is 1. The maximum absolute atomic E-state index is 12.9. The zero-order valence-corrected chi connectivity index (χ0v) is 14.7. The molecule has 2 aromatic rings. The van der Waals surface area contributed by atoms with Crippen LogP contribution in [0.4, 0.5) is 5.82 Å². The van der Waals surface area contributed by atoms with Crippen LogP contribution in [-0.2, 0) is 6.42 Å². The molecule has 26 heavy (non-hydrogen) atoms. The number of amides is 1. The van der Waals surface area contributed by atoms with Crippen LogP contribution in [0.5, 0.6) is 5.75 Å². The van der Waals surface area contributed by atoms with Crippen LogP contribution in [0.15, 0.2) is 36.5 Å². The van der Waals surface area contributed by atoms with E-state index in [1.807, 2.05) is 12.1 Å². The lowest BCUT2D eigenvalue weighted by Crippen LogP contribution is -2.41. The van der Waals surface area contributed by atoms with Crippen molar-refractivity contribution in [2.75, 3.05) is 19.0 Å². The molecular weight excluding hydrogens is 330 g/mol. The van der Waals surface area contributed by atoms with Gasteiger partial charge in [0.1, 0.15) is 11.6 Å². The molecule has 0 radical (unpaired) electrons. The summed E-state index contributed by atoms with van der Waals surface area (Å²) < 4.78 is 5.59. The molecule has 3 N–H and O–H groups in total. The maximum Gasteiger partial charge on any atom is 0.255 e. The number of aromatic nitrogens is 1. The first-order valence-electron chi connectivity index (χ1n) is 9.03. The SMILES string of the molecule is CNc1ncccc1C(=O)N[C@H](c1ccc2c(c1)CCO2)C1CC(O)C1. The fraction of sp³-hybridized carbons (Fsp3) is 0.400. The molecular formula is C20H23N3O3. The van der Waals surface area contributed by atoms with Crippen molar-refractivity contribution in [3.8, 4) is 5.75 Å². The highest BCUT2D eigenvalue weighted by atomic mass is 16.5. The highest BCUT2D eigenvalue weighted by molar-refractivity contribution is 5.98. The molecule has 6 nitrogen and oxygen atoms in total. The number of carbonyl (C=O) groups excluding carboxylic acids is 1. The van der Waals surface area contributed by atoms with E-state index in [1.165, 1.54) is 5.56 Å². The molecule has 2 aliphatic rings. The summed E-state index contributed by atoms with van der Waals surface area (Å²) in [6.45, 7) is 0.708. The molecule has 0 unspecified atom stereocenters. The van der Waals surface area contributed by atoms with Gasteiger partial charge in [0.15, 0.2) is 0 Å². The molecule has 1 aliphatic carbocycles. The van der Waals surface area contributed by atoms with Crippen LogP contribution in [0.1, 0.15) is 40.4 Å². The van der Waals surface area contributed by atoms with Gasteiger partial charge < -0.3 is 20.5 Å². The Labute approximate surface area is 152 Å². The van der Waals surface area contributed by atoms with Crippen molar-refractivity contribution in [3.63, 3.8) is 0 Å². The lowest BCUT2D eigenvalue weighted by atomic mass is 9.74. The van der Waals surface area contributed by atoms with E-state index in [-0.39, 0.29) is 24.0 Å².